The first kappa shape index (κ1) is 17.6. The third-order valence-electron chi connectivity index (χ3n) is 4.83. The normalized spacial score (nSPS) is 25.8. The third-order valence-corrected chi connectivity index (χ3v) is 5.08. The maximum atomic E-state index is 11.8. The average molecular weight is 353 g/mol. The minimum absolute atomic E-state index is 0.189. The quantitative estimate of drug-likeness (QED) is 0.762. The van der Waals surface area contributed by atoms with Gasteiger partial charge in [0.15, 0.2) is 0 Å². The van der Waals surface area contributed by atoms with E-state index < -0.39 is 0 Å². The Labute approximate surface area is 148 Å². The number of hydrogen-bond donors (Lipinski definition) is 2. The van der Waals surface area contributed by atoms with Crippen molar-refractivity contribution >= 4 is 17.6 Å². The number of esters is 1. The molecule has 132 valence electrons. The first-order valence-corrected chi connectivity index (χ1v) is 8.79. The molecule has 7 heteroatoms. The summed E-state index contributed by atoms with van der Waals surface area (Å²) in [5.74, 6) is 0.0617. The van der Waals surface area contributed by atoms with Gasteiger partial charge in [-0.2, -0.15) is 0 Å². The SMILES string of the molecule is COC(=O)C1NNCC1CN1CCN(Cc2ccc(Cl)cc2)CC1. The summed E-state index contributed by atoms with van der Waals surface area (Å²) in [5, 5.41) is 0.780. The monoisotopic (exact) mass is 352 g/mol. The molecule has 6 nitrogen and oxygen atoms in total. The smallest absolute Gasteiger partial charge is 0.324 e. The second-order valence-corrected chi connectivity index (χ2v) is 6.93. The largest absolute Gasteiger partial charge is 0.468 e. The topological polar surface area (TPSA) is 56.8 Å². The molecular formula is C17H25ClN4O2. The summed E-state index contributed by atoms with van der Waals surface area (Å²) in [6, 6.07) is 7.82. The van der Waals surface area contributed by atoms with Crippen LogP contribution in [0.5, 0.6) is 0 Å². The standard InChI is InChI=1S/C17H25ClN4O2/c1-24-17(23)16-14(10-19-20-16)12-22-8-6-21(7-9-22)11-13-2-4-15(18)5-3-13/h2-5,14,16,19-20H,6-12H2,1H3. The number of halogens is 1. The van der Waals surface area contributed by atoms with Crippen LogP contribution >= 0.6 is 11.6 Å². The summed E-state index contributed by atoms with van der Waals surface area (Å²) < 4.78 is 4.87. The van der Waals surface area contributed by atoms with Crippen LogP contribution in [0.3, 0.4) is 0 Å². The van der Waals surface area contributed by atoms with E-state index >= 15 is 0 Å². The van der Waals surface area contributed by atoms with Crippen molar-refractivity contribution in [3.8, 4) is 0 Å². The number of benzene rings is 1. The predicted octanol–water partition coefficient (Wildman–Crippen LogP) is 0.723. The minimum atomic E-state index is -0.248. The molecule has 2 N–H and O–H groups in total. The number of carbonyl (C=O) groups excluding carboxylic acids is 1. The van der Waals surface area contributed by atoms with Gasteiger partial charge in [-0.15, -0.1) is 0 Å². The second kappa shape index (κ2) is 8.27. The van der Waals surface area contributed by atoms with E-state index in [1.54, 1.807) is 0 Å². The van der Waals surface area contributed by atoms with Crippen molar-refractivity contribution in [3.05, 3.63) is 34.9 Å². The van der Waals surface area contributed by atoms with Crippen LogP contribution < -0.4 is 10.9 Å². The molecule has 2 saturated heterocycles. The van der Waals surface area contributed by atoms with Gasteiger partial charge in [-0.1, -0.05) is 23.7 Å². The molecule has 0 saturated carbocycles. The molecule has 1 aromatic carbocycles. The van der Waals surface area contributed by atoms with Gasteiger partial charge in [0.05, 0.1) is 7.11 Å². The van der Waals surface area contributed by atoms with Crippen molar-refractivity contribution < 1.29 is 9.53 Å². The maximum Gasteiger partial charge on any atom is 0.324 e. The number of ether oxygens (including phenoxy) is 1. The van der Waals surface area contributed by atoms with Crippen molar-refractivity contribution in [2.45, 2.75) is 12.6 Å². The van der Waals surface area contributed by atoms with Crippen molar-refractivity contribution in [1.82, 2.24) is 20.7 Å². The Balaban J connectivity index is 1.45. The predicted molar refractivity (Wildman–Crippen MR) is 93.6 cm³/mol. The van der Waals surface area contributed by atoms with Crippen LogP contribution in [0.2, 0.25) is 5.02 Å². The third kappa shape index (κ3) is 4.46. The fourth-order valence-electron chi connectivity index (χ4n) is 3.39. The van der Waals surface area contributed by atoms with Gasteiger partial charge in [-0.25, -0.2) is 5.43 Å². The Bertz CT molecular complexity index is 546. The van der Waals surface area contributed by atoms with Gasteiger partial charge in [0.1, 0.15) is 6.04 Å². The van der Waals surface area contributed by atoms with Crippen LogP contribution in [0, 0.1) is 5.92 Å². The number of hydrazine groups is 1. The highest BCUT2D eigenvalue weighted by Gasteiger charge is 2.35. The van der Waals surface area contributed by atoms with E-state index in [0.717, 1.165) is 50.8 Å². The first-order valence-electron chi connectivity index (χ1n) is 8.41. The Morgan fingerprint density at radius 2 is 1.88 bits per heavy atom. The van der Waals surface area contributed by atoms with Gasteiger partial charge in [0.25, 0.3) is 0 Å². The molecular weight excluding hydrogens is 328 g/mol. The molecule has 1 aromatic rings. The highest BCUT2D eigenvalue weighted by Crippen LogP contribution is 2.15. The van der Waals surface area contributed by atoms with Gasteiger partial charge in [0.2, 0.25) is 0 Å². The van der Waals surface area contributed by atoms with E-state index in [1.807, 2.05) is 12.1 Å². The van der Waals surface area contributed by atoms with Gasteiger partial charge >= 0.3 is 5.97 Å². The average Bonchev–Trinajstić information content (AvgIpc) is 3.06. The summed E-state index contributed by atoms with van der Waals surface area (Å²) in [5.41, 5.74) is 7.39. The molecule has 0 aliphatic carbocycles. The van der Waals surface area contributed by atoms with Crippen LogP contribution in [0.25, 0.3) is 0 Å². The second-order valence-electron chi connectivity index (χ2n) is 6.49. The van der Waals surface area contributed by atoms with E-state index in [1.165, 1.54) is 12.7 Å². The summed E-state index contributed by atoms with van der Waals surface area (Å²) in [6.07, 6.45) is 0. The molecule has 2 unspecified atom stereocenters. The van der Waals surface area contributed by atoms with Crippen LogP contribution in [-0.2, 0) is 16.1 Å². The lowest BCUT2D eigenvalue weighted by molar-refractivity contribution is -0.144. The summed E-state index contributed by atoms with van der Waals surface area (Å²) >= 11 is 5.94. The zero-order valence-electron chi connectivity index (χ0n) is 14.0. The number of hydrogen-bond acceptors (Lipinski definition) is 6. The molecule has 0 bridgehead atoms. The number of nitrogens with zero attached hydrogens (tertiary/aromatic N) is 2. The summed E-state index contributed by atoms with van der Waals surface area (Å²) in [4.78, 5) is 16.7. The van der Waals surface area contributed by atoms with Crippen LogP contribution in [0.4, 0.5) is 0 Å². The van der Waals surface area contributed by atoms with E-state index in [0.29, 0.717) is 0 Å². The number of rotatable bonds is 5. The van der Waals surface area contributed by atoms with Crippen LogP contribution in [-0.4, -0.2) is 68.2 Å². The maximum absolute atomic E-state index is 11.8. The molecule has 2 heterocycles. The van der Waals surface area contributed by atoms with Crippen molar-refractivity contribution in [2.24, 2.45) is 5.92 Å². The molecule has 2 aliphatic rings. The van der Waals surface area contributed by atoms with Crippen LogP contribution in [0.1, 0.15) is 5.56 Å². The van der Waals surface area contributed by atoms with Crippen LogP contribution in [0.15, 0.2) is 24.3 Å². The summed E-state index contributed by atoms with van der Waals surface area (Å²) in [7, 11) is 1.44. The molecule has 0 aromatic heterocycles. The zero-order valence-corrected chi connectivity index (χ0v) is 14.8. The van der Waals surface area contributed by atoms with Gasteiger partial charge in [-0.05, 0) is 17.7 Å². The number of carbonyl (C=O) groups is 1. The number of piperazine rings is 1. The Kier molecular flexibility index (Phi) is 6.08. The summed E-state index contributed by atoms with van der Waals surface area (Å²) in [6.45, 7) is 6.80. The molecule has 0 radical (unpaired) electrons. The Morgan fingerprint density at radius 1 is 1.21 bits per heavy atom. The number of nitrogens with one attached hydrogen (secondary N) is 2. The van der Waals surface area contributed by atoms with E-state index in [2.05, 4.69) is 32.8 Å². The first-order chi connectivity index (χ1) is 11.7. The molecule has 3 rings (SSSR count). The number of methoxy groups -OCH3 is 1. The van der Waals surface area contributed by atoms with Gasteiger partial charge in [-0.3, -0.25) is 15.1 Å². The van der Waals surface area contributed by atoms with Gasteiger partial charge < -0.3 is 9.64 Å². The lowest BCUT2D eigenvalue weighted by atomic mass is 10.0. The lowest BCUT2D eigenvalue weighted by Crippen LogP contribution is -2.49. The lowest BCUT2D eigenvalue weighted by Gasteiger charge is -2.36. The molecule has 2 atom stereocenters. The fourth-order valence-corrected chi connectivity index (χ4v) is 3.52. The zero-order chi connectivity index (χ0) is 16.9. The van der Waals surface area contributed by atoms with Crippen molar-refractivity contribution in [1.29, 1.82) is 0 Å². The van der Waals surface area contributed by atoms with Gasteiger partial charge in [0, 0.05) is 56.8 Å². The van der Waals surface area contributed by atoms with E-state index in [-0.39, 0.29) is 17.9 Å². The highest BCUT2D eigenvalue weighted by atomic mass is 35.5. The van der Waals surface area contributed by atoms with E-state index in [9.17, 15) is 4.79 Å². The molecule has 2 aliphatic heterocycles. The minimum Gasteiger partial charge on any atom is -0.468 e. The molecule has 0 amide bonds. The fraction of sp³-hybridized carbons (Fsp3) is 0.588. The van der Waals surface area contributed by atoms with Crippen molar-refractivity contribution in [3.63, 3.8) is 0 Å². The highest BCUT2D eigenvalue weighted by molar-refractivity contribution is 6.30. The van der Waals surface area contributed by atoms with E-state index in [4.69, 9.17) is 16.3 Å². The molecule has 2 fully saturated rings. The van der Waals surface area contributed by atoms with Crippen molar-refractivity contribution in [2.75, 3.05) is 46.4 Å². The Morgan fingerprint density at radius 3 is 2.54 bits per heavy atom. The Hall–Kier alpha value is -1.18. The molecule has 24 heavy (non-hydrogen) atoms. The molecule has 0 spiro atoms.